The molecular formula is C28H49NO2Sn. The van der Waals surface area contributed by atoms with Gasteiger partial charge in [-0.3, -0.25) is 0 Å². The zero-order chi connectivity index (χ0) is 24.0. The molecule has 0 saturated heterocycles. The third kappa shape index (κ3) is 9.11. The Morgan fingerprint density at radius 1 is 0.875 bits per heavy atom. The number of carbonyl (C=O) groups is 1. The SMILES string of the molecule is CCC[CH2][Sn]([CH2]CCC)([CH2]CCC)[C@H](/C=C\OC(=O)N(C(C)C)C(C)C)c1ccccc1. The molecule has 0 aliphatic rings. The first-order valence-electron chi connectivity index (χ1n) is 13.0. The van der Waals surface area contributed by atoms with Crippen LogP contribution in [0.5, 0.6) is 0 Å². The summed E-state index contributed by atoms with van der Waals surface area (Å²) in [5.41, 5.74) is 1.42. The van der Waals surface area contributed by atoms with Crippen molar-refractivity contribution in [1.82, 2.24) is 4.90 Å². The maximum absolute atomic E-state index is 12.8. The number of hydrogen-bond donors (Lipinski definition) is 0. The van der Waals surface area contributed by atoms with Crippen molar-refractivity contribution in [3.05, 3.63) is 48.2 Å². The van der Waals surface area contributed by atoms with E-state index in [4.69, 9.17) is 4.74 Å². The molecule has 1 atom stereocenters. The quantitative estimate of drug-likeness (QED) is 0.161. The van der Waals surface area contributed by atoms with Gasteiger partial charge in [0, 0.05) is 0 Å². The number of rotatable bonds is 15. The van der Waals surface area contributed by atoms with Gasteiger partial charge in [0.05, 0.1) is 0 Å². The zero-order valence-electron chi connectivity index (χ0n) is 21.9. The van der Waals surface area contributed by atoms with E-state index in [1.807, 2.05) is 32.6 Å². The van der Waals surface area contributed by atoms with Gasteiger partial charge in [0.2, 0.25) is 0 Å². The third-order valence-corrected chi connectivity index (χ3v) is 23.5. The number of amides is 1. The topological polar surface area (TPSA) is 29.5 Å². The normalized spacial score (nSPS) is 13.2. The molecule has 0 bridgehead atoms. The van der Waals surface area contributed by atoms with Gasteiger partial charge in [-0.05, 0) is 0 Å². The fourth-order valence-electron chi connectivity index (χ4n) is 5.01. The van der Waals surface area contributed by atoms with E-state index in [1.165, 1.54) is 57.4 Å². The monoisotopic (exact) mass is 551 g/mol. The van der Waals surface area contributed by atoms with Crippen LogP contribution in [0.2, 0.25) is 13.3 Å². The summed E-state index contributed by atoms with van der Waals surface area (Å²) in [5, 5.41) is 0. The Kier molecular flexibility index (Phi) is 14.3. The second kappa shape index (κ2) is 15.8. The summed E-state index contributed by atoms with van der Waals surface area (Å²) in [6.45, 7) is 15.1. The van der Waals surface area contributed by atoms with Crippen LogP contribution in [0.1, 0.15) is 96.5 Å². The fourth-order valence-corrected chi connectivity index (χ4v) is 22.8. The number of allylic oxidation sites excluding steroid dienone is 1. The van der Waals surface area contributed by atoms with Crippen LogP contribution >= 0.6 is 0 Å². The van der Waals surface area contributed by atoms with Crippen LogP contribution < -0.4 is 0 Å². The van der Waals surface area contributed by atoms with Crippen molar-refractivity contribution in [1.29, 1.82) is 0 Å². The molecule has 0 radical (unpaired) electrons. The number of unbranched alkanes of at least 4 members (excludes halogenated alkanes) is 3. The van der Waals surface area contributed by atoms with Gasteiger partial charge in [0.15, 0.2) is 0 Å². The summed E-state index contributed by atoms with van der Waals surface area (Å²) < 4.78 is 10.5. The minimum absolute atomic E-state index is 0.123. The standard InChI is InChI=1S/C16H22NO2.3C4H9.Sn/c1-13(2)17(14(3)4)16(18)19-12-8-11-15-9-6-5-7-10-15;3*1-3-4-2;/h5-14H,1-4H3;3*1,3-4H2,2H3;/b12-8-;;;;. The van der Waals surface area contributed by atoms with Gasteiger partial charge in [-0.1, -0.05) is 0 Å². The molecule has 3 nitrogen and oxygen atoms in total. The molecule has 0 unspecified atom stereocenters. The molecule has 182 valence electrons. The molecule has 1 aromatic carbocycles. The molecule has 0 heterocycles. The van der Waals surface area contributed by atoms with Crippen molar-refractivity contribution < 1.29 is 9.53 Å². The van der Waals surface area contributed by atoms with Crippen molar-refractivity contribution in [2.45, 2.75) is 116 Å². The number of benzene rings is 1. The predicted octanol–water partition coefficient (Wildman–Crippen LogP) is 8.93. The molecule has 4 heteroatoms. The zero-order valence-corrected chi connectivity index (χ0v) is 24.8. The Bertz CT molecular complexity index is 627. The first-order valence-corrected chi connectivity index (χ1v) is 20.7. The van der Waals surface area contributed by atoms with Crippen molar-refractivity contribution in [2.24, 2.45) is 0 Å². The van der Waals surface area contributed by atoms with Gasteiger partial charge in [0.25, 0.3) is 0 Å². The van der Waals surface area contributed by atoms with Crippen LogP contribution in [-0.2, 0) is 4.74 Å². The first-order chi connectivity index (χ1) is 15.3. The molecule has 0 fully saturated rings. The summed E-state index contributed by atoms with van der Waals surface area (Å²) in [4.78, 5) is 14.6. The van der Waals surface area contributed by atoms with E-state index in [0.29, 0.717) is 3.93 Å². The summed E-state index contributed by atoms with van der Waals surface area (Å²) in [6, 6.07) is 11.3. The van der Waals surface area contributed by atoms with Gasteiger partial charge in [0.1, 0.15) is 0 Å². The average molecular weight is 550 g/mol. The van der Waals surface area contributed by atoms with Crippen LogP contribution in [-0.4, -0.2) is 41.5 Å². The third-order valence-electron chi connectivity index (χ3n) is 6.67. The van der Waals surface area contributed by atoms with Crippen LogP contribution in [0.4, 0.5) is 4.79 Å². The number of carbonyl (C=O) groups excluding carboxylic acids is 1. The van der Waals surface area contributed by atoms with Crippen LogP contribution in [0.15, 0.2) is 42.7 Å². The molecule has 0 N–H and O–H groups in total. The molecule has 1 aromatic rings. The van der Waals surface area contributed by atoms with Crippen molar-refractivity contribution >= 4 is 24.5 Å². The van der Waals surface area contributed by atoms with Crippen molar-refractivity contribution in [3.63, 3.8) is 0 Å². The van der Waals surface area contributed by atoms with Crippen LogP contribution in [0.25, 0.3) is 0 Å². The number of nitrogens with zero attached hydrogens (tertiary/aromatic N) is 1. The van der Waals surface area contributed by atoms with Gasteiger partial charge >= 0.3 is 203 Å². The van der Waals surface area contributed by atoms with E-state index in [0.717, 1.165) is 0 Å². The maximum atomic E-state index is 12.8. The van der Waals surface area contributed by atoms with Gasteiger partial charge < -0.3 is 0 Å². The summed E-state index contributed by atoms with van der Waals surface area (Å²) in [6.07, 6.45) is 11.5. The van der Waals surface area contributed by atoms with Crippen LogP contribution in [0, 0.1) is 0 Å². The predicted molar refractivity (Wildman–Crippen MR) is 142 cm³/mol. The second-order valence-electron chi connectivity index (χ2n) is 9.87. The Labute approximate surface area is 202 Å². The fraction of sp³-hybridized carbons (Fsp3) is 0.679. The minimum atomic E-state index is -2.62. The van der Waals surface area contributed by atoms with Gasteiger partial charge in [-0.2, -0.15) is 0 Å². The van der Waals surface area contributed by atoms with E-state index >= 15 is 0 Å². The second-order valence-corrected chi connectivity index (χ2v) is 23.7. The van der Waals surface area contributed by atoms with Crippen LogP contribution in [0.3, 0.4) is 0 Å². The summed E-state index contributed by atoms with van der Waals surface area (Å²) >= 11 is -2.62. The molecule has 0 saturated carbocycles. The molecular weight excluding hydrogens is 501 g/mol. The van der Waals surface area contributed by atoms with E-state index in [9.17, 15) is 4.79 Å². The Balaban J connectivity index is 3.31. The molecule has 0 aliphatic carbocycles. The number of ether oxygens (including phenoxy) is 1. The molecule has 32 heavy (non-hydrogen) atoms. The first kappa shape index (κ1) is 29.1. The summed E-state index contributed by atoms with van der Waals surface area (Å²) in [5.74, 6) is 0. The van der Waals surface area contributed by atoms with E-state index in [1.54, 1.807) is 6.26 Å². The number of hydrogen-bond acceptors (Lipinski definition) is 2. The van der Waals surface area contributed by atoms with Crippen molar-refractivity contribution in [3.8, 4) is 0 Å². The Hall–Kier alpha value is -0.971. The molecule has 1 amide bonds. The molecule has 1 rings (SSSR count). The Morgan fingerprint density at radius 3 is 1.75 bits per heavy atom. The van der Waals surface area contributed by atoms with Gasteiger partial charge in [-0.25, -0.2) is 0 Å². The molecule has 0 aromatic heterocycles. The van der Waals surface area contributed by atoms with E-state index < -0.39 is 18.4 Å². The summed E-state index contributed by atoms with van der Waals surface area (Å²) in [7, 11) is 0. The molecule has 0 aliphatic heterocycles. The molecule has 0 spiro atoms. The average Bonchev–Trinajstić information content (AvgIpc) is 2.77. The van der Waals surface area contributed by atoms with Crippen molar-refractivity contribution in [2.75, 3.05) is 0 Å². The Morgan fingerprint density at radius 2 is 1.34 bits per heavy atom. The van der Waals surface area contributed by atoms with E-state index in [-0.39, 0.29) is 18.2 Å². The van der Waals surface area contributed by atoms with Gasteiger partial charge in [-0.15, -0.1) is 0 Å². The van der Waals surface area contributed by atoms with E-state index in [2.05, 4.69) is 57.2 Å².